The highest BCUT2D eigenvalue weighted by Gasteiger charge is 2.38. The standard InChI is InChI=1S/C10H16N4O5S2/c1-19-10(3-2-4-10)6-12-21(17,18)8-5-7(14(15)16)9(13-11)20-8/h5,12-13H,2-4,6,11H2,1H3. The first-order valence-electron chi connectivity index (χ1n) is 6.13. The van der Waals surface area contributed by atoms with Gasteiger partial charge in [-0.3, -0.25) is 10.1 Å². The van der Waals surface area contributed by atoms with Crippen molar-refractivity contribution in [1.82, 2.24) is 4.72 Å². The Morgan fingerprint density at radius 1 is 1.57 bits per heavy atom. The highest BCUT2D eigenvalue weighted by atomic mass is 32.2. The molecule has 9 nitrogen and oxygen atoms in total. The largest absolute Gasteiger partial charge is 0.377 e. The van der Waals surface area contributed by atoms with Crippen molar-refractivity contribution in [3.05, 3.63) is 16.2 Å². The van der Waals surface area contributed by atoms with Crippen molar-refractivity contribution in [1.29, 1.82) is 0 Å². The van der Waals surface area contributed by atoms with Crippen LogP contribution >= 0.6 is 11.3 Å². The monoisotopic (exact) mass is 336 g/mol. The summed E-state index contributed by atoms with van der Waals surface area (Å²) in [4.78, 5) is 10.1. The Morgan fingerprint density at radius 3 is 2.62 bits per heavy atom. The molecule has 4 N–H and O–H groups in total. The number of rotatable bonds is 7. The van der Waals surface area contributed by atoms with Crippen molar-refractivity contribution in [3.63, 3.8) is 0 Å². The molecular weight excluding hydrogens is 320 g/mol. The topological polar surface area (TPSA) is 137 Å². The lowest BCUT2D eigenvalue weighted by Gasteiger charge is -2.40. The van der Waals surface area contributed by atoms with Crippen LogP contribution in [0, 0.1) is 10.1 Å². The molecule has 0 atom stereocenters. The maximum atomic E-state index is 12.2. The van der Waals surface area contributed by atoms with Gasteiger partial charge in [-0.25, -0.2) is 19.0 Å². The summed E-state index contributed by atoms with van der Waals surface area (Å²) in [5.74, 6) is 5.16. The lowest BCUT2D eigenvalue weighted by Crippen LogP contribution is -2.49. The minimum atomic E-state index is -3.84. The Balaban J connectivity index is 2.18. The summed E-state index contributed by atoms with van der Waals surface area (Å²) in [5.41, 5.74) is 1.30. The fourth-order valence-electron chi connectivity index (χ4n) is 2.05. The third-order valence-corrected chi connectivity index (χ3v) is 6.50. The Labute approximate surface area is 125 Å². The Morgan fingerprint density at radius 2 is 2.24 bits per heavy atom. The molecule has 0 bridgehead atoms. The molecular formula is C10H16N4O5S2. The predicted octanol–water partition coefficient (Wildman–Crippen LogP) is 0.789. The Kier molecular flexibility index (Phi) is 4.49. The average molecular weight is 336 g/mol. The minimum absolute atomic E-state index is 0.00882. The van der Waals surface area contributed by atoms with E-state index in [4.69, 9.17) is 10.6 Å². The third kappa shape index (κ3) is 3.16. The molecule has 0 aromatic carbocycles. The highest BCUT2D eigenvalue weighted by Crippen LogP contribution is 2.37. The van der Waals surface area contributed by atoms with Gasteiger partial charge in [0.05, 0.1) is 10.5 Å². The molecule has 0 saturated heterocycles. The van der Waals surface area contributed by atoms with Crippen LogP contribution in [-0.2, 0) is 14.8 Å². The normalized spacial score (nSPS) is 17.2. The van der Waals surface area contributed by atoms with Crippen molar-refractivity contribution in [2.75, 3.05) is 19.1 Å². The Bertz CT molecular complexity index is 632. The van der Waals surface area contributed by atoms with Gasteiger partial charge in [-0.15, -0.1) is 0 Å². The zero-order valence-electron chi connectivity index (χ0n) is 11.3. The number of thiophene rings is 1. The second-order valence-corrected chi connectivity index (χ2v) is 7.79. The number of nitrogens with two attached hydrogens (primary N) is 1. The summed E-state index contributed by atoms with van der Waals surface area (Å²) in [7, 11) is -2.29. The van der Waals surface area contributed by atoms with Gasteiger partial charge in [-0.2, -0.15) is 0 Å². The second kappa shape index (κ2) is 5.85. The van der Waals surface area contributed by atoms with Crippen molar-refractivity contribution < 1.29 is 18.1 Å². The summed E-state index contributed by atoms with van der Waals surface area (Å²) in [5, 5.41) is 10.8. The Hall–Kier alpha value is -1.27. The number of nitrogens with one attached hydrogen (secondary N) is 2. The van der Waals surface area contributed by atoms with Crippen LogP contribution in [0.1, 0.15) is 19.3 Å². The first kappa shape index (κ1) is 16.1. The van der Waals surface area contributed by atoms with E-state index in [-0.39, 0.29) is 21.4 Å². The van der Waals surface area contributed by atoms with Crippen LogP contribution in [0.15, 0.2) is 10.3 Å². The van der Waals surface area contributed by atoms with Gasteiger partial charge in [0.25, 0.3) is 0 Å². The zero-order chi connectivity index (χ0) is 15.7. The van der Waals surface area contributed by atoms with Crippen LogP contribution in [0.4, 0.5) is 10.7 Å². The summed E-state index contributed by atoms with van der Waals surface area (Å²) in [6, 6.07) is 0.989. The number of hydrogen-bond donors (Lipinski definition) is 3. The van der Waals surface area contributed by atoms with Crippen LogP contribution in [0.3, 0.4) is 0 Å². The molecule has 0 amide bonds. The predicted molar refractivity (Wildman–Crippen MR) is 77.6 cm³/mol. The minimum Gasteiger partial charge on any atom is -0.377 e. The summed E-state index contributed by atoms with van der Waals surface area (Å²) in [6.07, 6.45) is 2.56. The van der Waals surface area contributed by atoms with Crippen LogP contribution in [-0.4, -0.2) is 32.6 Å². The molecule has 11 heteroatoms. The van der Waals surface area contributed by atoms with Gasteiger partial charge in [0.15, 0.2) is 5.00 Å². The molecule has 0 radical (unpaired) electrons. The van der Waals surface area contributed by atoms with E-state index in [9.17, 15) is 18.5 Å². The van der Waals surface area contributed by atoms with Gasteiger partial charge in [0.1, 0.15) is 4.21 Å². The van der Waals surface area contributed by atoms with Crippen LogP contribution in [0.5, 0.6) is 0 Å². The number of methoxy groups -OCH3 is 1. The molecule has 0 spiro atoms. The SMILES string of the molecule is COC1(CNS(=O)(=O)c2cc([N+](=O)[O-])c(NN)s2)CCC1. The highest BCUT2D eigenvalue weighted by molar-refractivity contribution is 7.91. The van der Waals surface area contributed by atoms with E-state index in [2.05, 4.69) is 10.1 Å². The molecule has 21 heavy (non-hydrogen) atoms. The van der Waals surface area contributed by atoms with E-state index < -0.39 is 20.5 Å². The van der Waals surface area contributed by atoms with Crippen molar-refractivity contribution in [2.24, 2.45) is 5.84 Å². The van der Waals surface area contributed by atoms with Crippen molar-refractivity contribution in [3.8, 4) is 0 Å². The number of nitrogen functional groups attached to an aromatic ring is 1. The van der Waals surface area contributed by atoms with E-state index in [0.717, 1.165) is 25.3 Å². The van der Waals surface area contributed by atoms with Gasteiger partial charge >= 0.3 is 5.69 Å². The summed E-state index contributed by atoms with van der Waals surface area (Å²) in [6.45, 7) is 0.142. The first-order chi connectivity index (χ1) is 9.83. The van der Waals surface area contributed by atoms with Crippen LogP contribution in [0.2, 0.25) is 0 Å². The number of hydrazine groups is 1. The quantitative estimate of drug-likeness (QED) is 0.380. The molecule has 1 aliphatic rings. The molecule has 1 saturated carbocycles. The summed E-state index contributed by atoms with van der Waals surface area (Å²) < 4.78 is 32.0. The van der Waals surface area contributed by atoms with Gasteiger partial charge in [-0.1, -0.05) is 11.3 Å². The first-order valence-corrected chi connectivity index (χ1v) is 8.43. The molecule has 2 rings (SSSR count). The number of hydrogen-bond acceptors (Lipinski definition) is 8. The van der Waals surface area contributed by atoms with Crippen LogP contribution in [0.25, 0.3) is 0 Å². The smallest absolute Gasteiger partial charge is 0.306 e. The molecule has 1 aromatic rings. The van der Waals surface area contributed by atoms with Gasteiger partial charge in [0, 0.05) is 19.7 Å². The maximum Gasteiger partial charge on any atom is 0.306 e. The van der Waals surface area contributed by atoms with Crippen molar-refractivity contribution >= 4 is 32.0 Å². The van der Waals surface area contributed by atoms with Crippen molar-refractivity contribution in [2.45, 2.75) is 29.1 Å². The van der Waals surface area contributed by atoms with Gasteiger partial charge in [0.2, 0.25) is 10.0 Å². The van der Waals surface area contributed by atoms with E-state index in [1.165, 1.54) is 0 Å². The summed E-state index contributed by atoms with van der Waals surface area (Å²) >= 11 is 0.710. The molecule has 1 aliphatic carbocycles. The van der Waals surface area contributed by atoms with Gasteiger partial charge < -0.3 is 10.2 Å². The zero-order valence-corrected chi connectivity index (χ0v) is 12.9. The maximum absolute atomic E-state index is 12.2. The molecule has 1 fully saturated rings. The third-order valence-electron chi connectivity index (χ3n) is 3.56. The van der Waals surface area contributed by atoms with Gasteiger partial charge in [-0.05, 0) is 19.3 Å². The molecule has 118 valence electrons. The second-order valence-electron chi connectivity index (χ2n) is 4.75. The van der Waals surface area contributed by atoms with E-state index >= 15 is 0 Å². The number of nitro groups is 1. The van der Waals surface area contributed by atoms with E-state index in [0.29, 0.717) is 11.3 Å². The van der Waals surface area contributed by atoms with Crippen LogP contribution < -0.4 is 16.0 Å². The van der Waals surface area contributed by atoms with E-state index in [1.54, 1.807) is 7.11 Å². The number of nitrogens with zero attached hydrogens (tertiary/aromatic N) is 1. The lowest BCUT2D eigenvalue weighted by molar-refractivity contribution is -0.383. The number of sulfonamides is 1. The van der Waals surface area contributed by atoms with E-state index in [1.807, 2.05) is 0 Å². The fourth-order valence-corrected chi connectivity index (χ4v) is 4.45. The number of ether oxygens (including phenoxy) is 1. The number of anilines is 1. The molecule has 1 aromatic heterocycles. The molecule has 1 heterocycles. The molecule has 0 aliphatic heterocycles. The molecule has 0 unspecified atom stereocenters. The lowest BCUT2D eigenvalue weighted by atomic mass is 9.80. The average Bonchev–Trinajstić information content (AvgIpc) is 2.83. The fraction of sp³-hybridized carbons (Fsp3) is 0.600.